The Morgan fingerprint density at radius 3 is 0.653 bits per heavy atom. The Kier molecular flexibility index (Phi) is 64.0. The van der Waals surface area contributed by atoms with Crippen molar-refractivity contribution in [2.75, 3.05) is 39.6 Å². The SMILES string of the molecule is CC(C)CCCCCCCCCCCCCCCCCCC(=O)O[C@H](COC(=O)CCCCCCCCCC(C)C)COP(=O)(O)OCC(O)COP(=O)(O)OC[C@@H](COC(=O)CCCCCCCCCCC(C)C)OC(=O)CCCCCCCCCCCCCCC(C)C. The zero-order chi connectivity index (χ0) is 70.3. The molecule has 0 aromatic carbocycles. The number of phosphoric acid groups is 2. The van der Waals surface area contributed by atoms with Crippen molar-refractivity contribution in [2.45, 2.75) is 401 Å². The fourth-order valence-corrected chi connectivity index (χ4v) is 13.1. The zero-order valence-electron chi connectivity index (χ0n) is 62.3. The van der Waals surface area contributed by atoms with Gasteiger partial charge >= 0.3 is 39.5 Å². The molecule has 0 heterocycles. The molecule has 0 spiro atoms. The quantitative estimate of drug-likeness (QED) is 0.0222. The number of carbonyl (C=O) groups excluding carboxylic acids is 4. The fourth-order valence-electron chi connectivity index (χ4n) is 11.6. The maximum absolute atomic E-state index is 13.1. The monoisotopic (exact) mass is 1400 g/mol. The second-order valence-corrected chi connectivity index (χ2v) is 32.2. The summed E-state index contributed by atoms with van der Waals surface area (Å²) in [5, 5.41) is 10.6. The van der Waals surface area contributed by atoms with Gasteiger partial charge in [-0.25, -0.2) is 9.13 Å². The average Bonchev–Trinajstić information content (AvgIpc) is 2.32. The summed E-state index contributed by atoms with van der Waals surface area (Å²) >= 11 is 0. The summed E-state index contributed by atoms with van der Waals surface area (Å²) in [5.41, 5.74) is 0. The molecule has 0 radical (unpaired) electrons. The Morgan fingerprint density at radius 1 is 0.263 bits per heavy atom. The summed E-state index contributed by atoms with van der Waals surface area (Å²) in [6.07, 6.45) is 50.1. The van der Waals surface area contributed by atoms with E-state index < -0.39 is 97.5 Å². The maximum Gasteiger partial charge on any atom is 0.472 e. The predicted molar refractivity (Wildman–Crippen MR) is 386 cm³/mol. The average molecular weight is 1400 g/mol. The van der Waals surface area contributed by atoms with Crippen molar-refractivity contribution in [1.82, 2.24) is 0 Å². The normalized spacial score (nSPS) is 14.1. The smallest absolute Gasteiger partial charge is 0.462 e. The van der Waals surface area contributed by atoms with Gasteiger partial charge in [0.25, 0.3) is 0 Å². The van der Waals surface area contributed by atoms with Crippen LogP contribution in [0.5, 0.6) is 0 Å². The molecule has 0 aromatic rings. The first-order valence-corrected chi connectivity index (χ1v) is 42.2. The third kappa shape index (κ3) is 70.3. The molecule has 3 N–H and O–H groups in total. The maximum atomic E-state index is 13.1. The zero-order valence-corrected chi connectivity index (χ0v) is 64.1. The van der Waals surface area contributed by atoms with Crippen LogP contribution in [0.15, 0.2) is 0 Å². The predicted octanol–water partition coefficient (Wildman–Crippen LogP) is 22.0. The number of aliphatic hydroxyl groups excluding tert-OH is 1. The standard InChI is InChI=1S/C76H148O17P2/c1-66(2)52-44-36-28-21-17-13-11-9-10-12-14-19-23-33-42-50-58-75(80)93-72(63-87-74(79)57-49-41-35-27-31-39-47-55-69(7)8)65-91-95(84,85)89-61-70(77)60-88-94(82,83)90-64-71(62-86-73(78)56-48-40-32-26-25-30-38-46-54-68(5)6)92-76(81)59-51-43-34-24-20-16-15-18-22-29-37-45-53-67(3)4/h66-72,77H,9-65H2,1-8H3,(H,82,83)(H,84,85)/t70?,71-,72-/m1/s1. The highest BCUT2D eigenvalue weighted by atomic mass is 31.2. The van der Waals surface area contributed by atoms with E-state index in [1.807, 2.05) is 0 Å². The van der Waals surface area contributed by atoms with Crippen molar-refractivity contribution < 1.29 is 80.2 Å². The molecule has 0 saturated heterocycles. The lowest BCUT2D eigenvalue weighted by Gasteiger charge is -2.21. The minimum Gasteiger partial charge on any atom is -0.462 e. The molecule has 0 bridgehead atoms. The summed E-state index contributed by atoms with van der Waals surface area (Å²) < 4.78 is 68.5. The molecule has 0 amide bonds. The third-order valence-electron chi connectivity index (χ3n) is 17.6. The second kappa shape index (κ2) is 65.4. The number of ether oxygens (including phenoxy) is 4. The largest absolute Gasteiger partial charge is 0.472 e. The van der Waals surface area contributed by atoms with Crippen molar-refractivity contribution >= 4 is 39.5 Å². The van der Waals surface area contributed by atoms with E-state index in [1.165, 1.54) is 180 Å². The molecule has 0 rings (SSSR count). The molecule has 564 valence electrons. The van der Waals surface area contributed by atoms with E-state index >= 15 is 0 Å². The fraction of sp³-hybridized carbons (Fsp3) is 0.947. The number of rotatable bonds is 73. The van der Waals surface area contributed by atoms with E-state index in [0.29, 0.717) is 31.6 Å². The minimum absolute atomic E-state index is 0.106. The summed E-state index contributed by atoms with van der Waals surface area (Å²) in [7, 11) is -9.91. The lowest BCUT2D eigenvalue weighted by molar-refractivity contribution is -0.161. The van der Waals surface area contributed by atoms with Gasteiger partial charge in [0.1, 0.15) is 19.3 Å². The first-order valence-electron chi connectivity index (χ1n) is 39.2. The Morgan fingerprint density at radius 2 is 0.442 bits per heavy atom. The highest BCUT2D eigenvalue weighted by molar-refractivity contribution is 7.47. The van der Waals surface area contributed by atoms with Crippen LogP contribution in [0.25, 0.3) is 0 Å². The Hall–Kier alpha value is -1.94. The van der Waals surface area contributed by atoms with Gasteiger partial charge in [0.15, 0.2) is 12.2 Å². The van der Waals surface area contributed by atoms with Gasteiger partial charge in [-0.3, -0.25) is 37.3 Å². The highest BCUT2D eigenvalue weighted by Gasteiger charge is 2.30. The van der Waals surface area contributed by atoms with Gasteiger partial charge in [-0.15, -0.1) is 0 Å². The van der Waals surface area contributed by atoms with E-state index in [9.17, 15) is 43.2 Å². The van der Waals surface area contributed by atoms with Crippen LogP contribution in [0.1, 0.15) is 383 Å². The third-order valence-corrected chi connectivity index (χ3v) is 19.5. The van der Waals surface area contributed by atoms with Gasteiger partial charge in [0.2, 0.25) is 0 Å². The van der Waals surface area contributed by atoms with Crippen LogP contribution in [0.3, 0.4) is 0 Å². The van der Waals surface area contributed by atoms with Gasteiger partial charge in [0.05, 0.1) is 26.4 Å². The molecule has 0 aliphatic carbocycles. The van der Waals surface area contributed by atoms with E-state index in [0.717, 1.165) is 114 Å². The van der Waals surface area contributed by atoms with Crippen LogP contribution in [-0.4, -0.2) is 96.7 Å². The van der Waals surface area contributed by atoms with Crippen LogP contribution < -0.4 is 0 Å². The van der Waals surface area contributed by atoms with E-state index in [-0.39, 0.29) is 25.7 Å². The topological polar surface area (TPSA) is 237 Å². The van der Waals surface area contributed by atoms with Crippen LogP contribution in [0, 0.1) is 23.7 Å². The van der Waals surface area contributed by atoms with Crippen LogP contribution in [0.2, 0.25) is 0 Å². The van der Waals surface area contributed by atoms with Crippen molar-refractivity contribution in [3.63, 3.8) is 0 Å². The van der Waals surface area contributed by atoms with Crippen molar-refractivity contribution in [3.05, 3.63) is 0 Å². The van der Waals surface area contributed by atoms with E-state index in [4.69, 9.17) is 37.0 Å². The molecule has 0 aromatic heterocycles. The number of hydrogen-bond donors (Lipinski definition) is 3. The summed E-state index contributed by atoms with van der Waals surface area (Å²) in [6, 6.07) is 0. The molecule has 0 aliphatic heterocycles. The number of hydrogen-bond acceptors (Lipinski definition) is 15. The molecule has 0 fully saturated rings. The van der Waals surface area contributed by atoms with Crippen molar-refractivity contribution in [2.24, 2.45) is 23.7 Å². The van der Waals surface area contributed by atoms with Gasteiger partial charge < -0.3 is 33.8 Å². The second-order valence-electron chi connectivity index (χ2n) is 29.3. The van der Waals surface area contributed by atoms with Gasteiger partial charge in [-0.05, 0) is 49.4 Å². The number of carbonyl (C=O) groups is 4. The van der Waals surface area contributed by atoms with Gasteiger partial charge in [-0.1, -0.05) is 331 Å². The molecular weight excluding hydrogens is 1250 g/mol. The number of aliphatic hydroxyl groups is 1. The van der Waals surface area contributed by atoms with Crippen molar-refractivity contribution in [1.29, 1.82) is 0 Å². The highest BCUT2D eigenvalue weighted by Crippen LogP contribution is 2.45. The molecule has 3 unspecified atom stereocenters. The van der Waals surface area contributed by atoms with Crippen LogP contribution in [-0.2, 0) is 65.4 Å². The lowest BCUT2D eigenvalue weighted by atomic mass is 10.0. The Bertz CT molecular complexity index is 1870. The van der Waals surface area contributed by atoms with Crippen molar-refractivity contribution in [3.8, 4) is 0 Å². The Balaban J connectivity index is 5.22. The number of unbranched alkanes of at least 4 members (excludes halogenated alkanes) is 39. The summed E-state index contributed by atoms with van der Waals surface area (Å²) in [6.45, 7) is 14.2. The molecule has 0 saturated carbocycles. The lowest BCUT2D eigenvalue weighted by Crippen LogP contribution is -2.30. The molecule has 95 heavy (non-hydrogen) atoms. The number of phosphoric ester groups is 2. The minimum atomic E-state index is -4.96. The Labute approximate surface area is 581 Å². The summed E-state index contributed by atoms with van der Waals surface area (Å²) in [5.74, 6) is 0.895. The summed E-state index contributed by atoms with van der Waals surface area (Å²) in [4.78, 5) is 72.8. The van der Waals surface area contributed by atoms with E-state index in [2.05, 4.69) is 55.4 Å². The van der Waals surface area contributed by atoms with Crippen LogP contribution in [0.4, 0.5) is 0 Å². The first kappa shape index (κ1) is 93.1. The molecule has 5 atom stereocenters. The number of esters is 4. The van der Waals surface area contributed by atoms with E-state index in [1.54, 1.807) is 0 Å². The van der Waals surface area contributed by atoms with Crippen LogP contribution >= 0.6 is 15.6 Å². The van der Waals surface area contributed by atoms with Gasteiger partial charge in [-0.2, -0.15) is 0 Å². The molecule has 19 heteroatoms. The van der Waals surface area contributed by atoms with Gasteiger partial charge in [0, 0.05) is 25.7 Å². The first-order chi connectivity index (χ1) is 45.6. The molecular formula is C76H148O17P2. The molecule has 0 aliphatic rings. The molecule has 17 nitrogen and oxygen atoms in total.